The molecule has 0 radical (unpaired) electrons. The number of hydrogen-bond donors (Lipinski definition) is 1. The Morgan fingerprint density at radius 1 is 1.00 bits per heavy atom. The molecule has 29 heavy (non-hydrogen) atoms. The summed E-state index contributed by atoms with van der Waals surface area (Å²) in [7, 11) is 2.16. The Kier molecular flexibility index (Phi) is 5.93. The fourth-order valence-corrected chi connectivity index (χ4v) is 3.79. The summed E-state index contributed by atoms with van der Waals surface area (Å²) in [5.41, 5.74) is 11.2. The number of fused-ring (bicyclic) bond motifs is 2. The van der Waals surface area contributed by atoms with Crippen LogP contribution in [0.1, 0.15) is 11.1 Å². The lowest BCUT2D eigenvalue weighted by Crippen LogP contribution is -2.32. The van der Waals surface area contributed by atoms with Gasteiger partial charge in [-0.05, 0) is 55.4 Å². The van der Waals surface area contributed by atoms with Gasteiger partial charge in [0, 0.05) is 41.6 Å². The summed E-state index contributed by atoms with van der Waals surface area (Å²) in [5, 5.41) is 0.741. The van der Waals surface area contributed by atoms with Crippen LogP contribution in [-0.4, -0.2) is 31.6 Å². The molecule has 0 fully saturated rings. The second kappa shape index (κ2) is 8.76. The summed E-state index contributed by atoms with van der Waals surface area (Å²) < 4.78 is 6.06. The largest absolute Gasteiger partial charge is 0.487 e. The van der Waals surface area contributed by atoms with Crippen molar-refractivity contribution in [1.29, 1.82) is 0 Å². The van der Waals surface area contributed by atoms with E-state index in [0.717, 1.165) is 59.5 Å². The maximum Gasteiger partial charge on any atom is 0.143 e. The number of nitrogens with two attached hydrogens (primary N) is 1. The molecule has 0 atom stereocenters. The van der Waals surface area contributed by atoms with Gasteiger partial charge in [-0.15, -0.1) is 0 Å². The van der Waals surface area contributed by atoms with Crippen molar-refractivity contribution in [3.8, 4) is 5.75 Å². The molecule has 1 aliphatic heterocycles. The minimum absolute atomic E-state index is 0.549. The van der Waals surface area contributed by atoms with Crippen molar-refractivity contribution >= 4 is 28.7 Å². The zero-order valence-corrected chi connectivity index (χ0v) is 17.4. The highest BCUT2D eigenvalue weighted by atomic mass is 35.5. The zero-order valence-electron chi connectivity index (χ0n) is 16.6. The van der Waals surface area contributed by atoms with Gasteiger partial charge < -0.3 is 20.3 Å². The third kappa shape index (κ3) is 4.66. The number of likely N-dealkylation sites (N-methyl/N-ethyl adjacent to an activating group) is 1. The number of ether oxygens (including phenoxy) is 1. The first-order valence-corrected chi connectivity index (χ1v) is 10.3. The number of nitrogen functional groups attached to an aromatic ring is 1. The molecule has 0 bridgehead atoms. The number of anilines is 3. The number of halogens is 1. The Morgan fingerprint density at radius 2 is 1.79 bits per heavy atom. The van der Waals surface area contributed by atoms with Crippen LogP contribution in [0.5, 0.6) is 5.75 Å². The first kappa shape index (κ1) is 19.6. The standard InChI is InChI=1S/C24H26ClN3O/c1-27(13-12-18-6-10-21(26)11-7-18)14-15-28-22-4-2-3-5-24(22)29-17-19-8-9-20(25)16-23(19)28/h2-11,16H,12-15,17,26H2,1H3. The summed E-state index contributed by atoms with van der Waals surface area (Å²) in [5.74, 6) is 0.907. The van der Waals surface area contributed by atoms with Crippen LogP contribution in [0.15, 0.2) is 66.7 Å². The fraction of sp³-hybridized carbons (Fsp3) is 0.250. The van der Waals surface area contributed by atoms with Gasteiger partial charge in [-0.25, -0.2) is 0 Å². The number of para-hydroxylation sites is 2. The lowest BCUT2D eigenvalue weighted by Gasteiger charge is -2.28. The van der Waals surface area contributed by atoms with Crippen LogP contribution in [0.25, 0.3) is 0 Å². The summed E-state index contributed by atoms with van der Waals surface area (Å²) in [6.45, 7) is 3.31. The van der Waals surface area contributed by atoms with Gasteiger partial charge in [-0.1, -0.05) is 41.9 Å². The monoisotopic (exact) mass is 407 g/mol. The Labute approximate surface area is 177 Å². The van der Waals surface area contributed by atoms with E-state index in [1.165, 1.54) is 5.56 Å². The third-order valence-corrected chi connectivity index (χ3v) is 5.58. The Hall–Kier alpha value is -2.69. The van der Waals surface area contributed by atoms with E-state index in [1.54, 1.807) is 0 Å². The highest BCUT2D eigenvalue weighted by molar-refractivity contribution is 6.30. The smallest absolute Gasteiger partial charge is 0.143 e. The van der Waals surface area contributed by atoms with Crippen molar-refractivity contribution in [2.24, 2.45) is 0 Å². The summed E-state index contributed by atoms with van der Waals surface area (Å²) in [4.78, 5) is 4.68. The average molecular weight is 408 g/mol. The molecule has 0 aliphatic carbocycles. The van der Waals surface area contributed by atoms with E-state index >= 15 is 0 Å². The van der Waals surface area contributed by atoms with Crippen LogP contribution >= 0.6 is 11.6 Å². The molecule has 0 aromatic heterocycles. The fourth-order valence-electron chi connectivity index (χ4n) is 3.63. The topological polar surface area (TPSA) is 41.7 Å². The van der Waals surface area contributed by atoms with E-state index in [2.05, 4.69) is 47.2 Å². The maximum atomic E-state index is 6.33. The van der Waals surface area contributed by atoms with Crippen LogP contribution in [-0.2, 0) is 13.0 Å². The Balaban J connectivity index is 1.48. The van der Waals surface area contributed by atoms with Gasteiger partial charge >= 0.3 is 0 Å². The quantitative estimate of drug-likeness (QED) is 0.575. The average Bonchev–Trinajstić information content (AvgIpc) is 2.88. The molecule has 0 saturated heterocycles. The molecule has 2 N–H and O–H groups in total. The molecule has 1 heterocycles. The summed E-state index contributed by atoms with van der Waals surface area (Å²) in [6, 6.07) is 22.4. The molecule has 4 nitrogen and oxygen atoms in total. The van der Waals surface area contributed by atoms with E-state index in [1.807, 2.05) is 36.4 Å². The van der Waals surface area contributed by atoms with Crippen LogP contribution in [0.2, 0.25) is 5.02 Å². The first-order valence-electron chi connectivity index (χ1n) is 9.91. The minimum atomic E-state index is 0.549. The van der Waals surface area contributed by atoms with E-state index in [-0.39, 0.29) is 0 Å². The summed E-state index contributed by atoms with van der Waals surface area (Å²) in [6.07, 6.45) is 0.999. The van der Waals surface area contributed by atoms with Crippen molar-refractivity contribution in [1.82, 2.24) is 4.90 Å². The van der Waals surface area contributed by atoms with Crippen molar-refractivity contribution < 1.29 is 4.74 Å². The second-order valence-electron chi connectivity index (χ2n) is 7.48. The Bertz CT molecular complexity index is 974. The molecule has 3 aromatic rings. The predicted octanol–water partition coefficient (Wildman–Crippen LogP) is 5.13. The molecule has 5 heteroatoms. The van der Waals surface area contributed by atoms with Crippen molar-refractivity contribution in [2.45, 2.75) is 13.0 Å². The maximum absolute atomic E-state index is 6.33. The van der Waals surface area contributed by atoms with Crippen molar-refractivity contribution in [3.63, 3.8) is 0 Å². The van der Waals surface area contributed by atoms with Gasteiger partial charge in [0.25, 0.3) is 0 Å². The number of hydrogen-bond acceptors (Lipinski definition) is 4. The van der Waals surface area contributed by atoms with Crippen LogP contribution < -0.4 is 15.4 Å². The molecular weight excluding hydrogens is 382 g/mol. The van der Waals surface area contributed by atoms with E-state index in [0.29, 0.717) is 6.61 Å². The van der Waals surface area contributed by atoms with Crippen LogP contribution in [0, 0.1) is 0 Å². The highest BCUT2D eigenvalue weighted by Gasteiger charge is 2.22. The lowest BCUT2D eigenvalue weighted by molar-refractivity contribution is 0.310. The molecule has 0 unspecified atom stereocenters. The zero-order chi connectivity index (χ0) is 20.2. The van der Waals surface area contributed by atoms with Gasteiger partial charge in [0.2, 0.25) is 0 Å². The van der Waals surface area contributed by atoms with Gasteiger partial charge in [-0.2, -0.15) is 0 Å². The lowest BCUT2D eigenvalue weighted by atomic mass is 10.1. The van der Waals surface area contributed by atoms with E-state index < -0.39 is 0 Å². The predicted molar refractivity (Wildman–Crippen MR) is 121 cm³/mol. The molecule has 4 rings (SSSR count). The molecule has 0 saturated carbocycles. The molecule has 0 amide bonds. The molecule has 0 spiro atoms. The molecule has 1 aliphatic rings. The SMILES string of the molecule is CN(CCc1ccc(N)cc1)CCN1c2cc(Cl)ccc2COc2ccccc21. The molecular formula is C24H26ClN3O. The Morgan fingerprint density at radius 3 is 2.62 bits per heavy atom. The van der Waals surface area contributed by atoms with Crippen molar-refractivity contribution in [2.75, 3.05) is 37.3 Å². The number of benzene rings is 3. The van der Waals surface area contributed by atoms with Crippen molar-refractivity contribution in [3.05, 3.63) is 82.9 Å². The van der Waals surface area contributed by atoms with Crippen LogP contribution in [0.4, 0.5) is 17.1 Å². The van der Waals surface area contributed by atoms with Gasteiger partial charge in [0.05, 0.1) is 5.69 Å². The molecule has 3 aromatic carbocycles. The number of nitrogens with zero attached hydrogens (tertiary/aromatic N) is 2. The third-order valence-electron chi connectivity index (χ3n) is 5.34. The molecule has 150 valence electrons. The van der Waals surface area contributed by atoms with E-state index in [9.17, 15) is 0 Å². The normalized spacial score (nSPS) is 12.9. The number of rotatable bonds is 6. The summed E-state index contributed by atoms with van der Waals surface area (Å²) >= 11 is 6.33. The van der Waals surface area contributed by atoms with Gasteiger partial charge in [-0.3, -0.25) is 0 Å². The second-order valence-corrected chi connectivity index (χ2v) is 7.91. The van der Waals surface area contributed by atoms with Gasteiger partial charge in [0.1, 0.15) is 12.4 Å². The van der Waals surface area contributed by atoms with E-state index in [4.69, 9.17) is 22.1 Å². The van der Waals surface area contributed by atoms with Crippen LogP contribution in [0.3, 0.4) is 0 Å². The van der Waals surface area contributed by atoms with Gasteiger partial charge in [0.15, 0.2) is 0 Å². The highest BCUT2D eigenvalue weighted by Crippen LogP contribution is 2.40. The minimum Gasteiger partial charge on any atom is -0.487 e. The first-order chi connectivity index (χ1) is 14.1.